The number of methoxy groups -OCH3 is 1. The van der Waals surface area contributed by atoms with Crippen molar-refractivity contribution in [3.63, 3.8) is 0 Å². The molecule has 0 amide bonds. The maximum Gasteiger partial charge on any atom is 0.341 e. The van der Waals surface area contributed by atoms with Gasteiger partial charge in [0.1, 0.15) is 11.9 Å². The lowest BCUT2D eigenvalue weighted by atomic mass is 10.2. The van der Waals surface area contributed by atoms with Gasteiger partial charge >= 0.3 is 5.97 Å². The zero-order valence-corrected chi connectivity index (χ0v) is 7.89. The number of esters is 1. The third kappa shape index (κ3) is 1.14. The molecule has 0 unspecified atom stereocenters. The molecule has 0 N–H and O–H groups in total. The molecule has 14 heavy (non-hydrogen) atoms. The van der Waals surface area contributed by atoms with Gasteiger partial charge in [-0.15, -0.1) is 0 Å². The Hall–Kier alpha value is -1.91. The lowest BCUT2D eigenvalue weighted by molar-refractivity contribution is 0.0602. The molecule has 72 valence electrons. The van der Waals surface area contributed by atoms with Crippen molar-refractivity contribution in [2.24, 2.45) is 0 Å². The van der Waals surface area contributed by atoms with Crippen molar-refractivity contribution < 1.29 is 9.53 Å². The highest BCUT2D eigenvalue weighted by Gasteiger charge is 2.12. The molecule has 2 rings (SSSR count). The second-order valence-electron chi connectivity index (χ2n) is 2.88. The fourth-order valence-corrected chi connectivity index (χ4v) is 1.30. The average molecular weight is 191 g/mol. The lowest BCUT2D eigenvalue weighted by Crippen LogP contribution is -2.06. The molecule has 0 radical (unpaired) electrons. The van der Waals surface area contributed by atoms with Gasteiger partial charge in [0, 0.05) is 5.69 Å². The minimum absolute atomic E-state index is 0.400. The number of aromatic nitrogens is 3. The molecule has 2 aromatic rings. The number of fused-ring (bicyclic) bond motifs is 1. The molecule has 0 fully saturated rings. The van der Waals surface area contributed by atoms with Gasteiger partial charge in [-0.1, -0.05) is 0 Å². The molecule has 0 aromatic carbocycles. The molecule has 5 nitrogen and oxygen atoms in total. The molecule has 2 heterocycles. The standard InChI is InChI=1S/C9H9N3O2/c1-6-3-4-7(9(13)14-2)8-10-5-11-12(6)8/h3-5H,1-2H3. The average Bonchev–Trinajstić information content (AvgIpc) is 2.67. The molecule has 0 bridgehead atoms. The summed E-state index contributed by atoms with van der Waals surface area (Å²) in [5.41, 5.74) is 1.87. The summed E-state index contributed by atoms with van der Waals surface area (Å²) < 4.78 is 6.24. The molecule has 2 aromatic heterocycles. The van der Waals surface area contributed by atoms with Crippen LogP contribution >= 0.6 is 0 Å². The van der Waals surface area contributed by atoms with E-state index in [4.69, 9.17) is 0 Å². The summed E-state index contributed by atoms with van der Waals surface area (Å²) in [7, 11) is 1.34. The van der Waals surface area contributed by atoms with E-state index in [-0.39, 0.29) is 0 Å². The first-order valence-corrected chi connectivity index (χ1v) is 4.11. The minimum Gasteiger partial charge on any atom is -0.465 e. The summed E-state index contributed by atoms with van der Waals surface area (Å²) in [6, 6.07) is 3.49. The molecule has 0 aliphatic carbocycles. The van der Waals surface area contributed by atoms with Gasteiger partial charge in [0.15, 0.2) is 5.65 Å². The summed E-state index contributed by atoms with van der Waals surface area (Å²) in [4.78, 5) is 15.3. The molecule has 0 aliphatic rings. The molecule has 5 heteroatoms. The first-order valence-electron chi connectivity index (χ1n) is 4.11. The molecule has 0 aliphatic heterocycles. The Bertz CT molecular complexity index is 490. The predicted octanol–water partition coefficient (Wildman–Crippen LogP) is 0.824. The topological polar surface area (TPSA) is 56.5 Å². The van der Waals surface area contributed by atoms with Crippen molar-refractivity contribution in [1.82, 2.24) is 14.6 Å². The van der Waals surface area contributed by atoms with Crippen molar-refractivity contribution in [3.8, 4) is 0 Å². The maximum atomic E-state index is 11.3. The van der Waals surface area contributed by atoms with E-state index in [2.05, 4.69) is 14.8 Å². The van der Waals surface area contributed by atoms with E-state index in [0.29, 0.717) is 11.2 Å². The van der Waals surface area contributed by atoms with Crippen molar-refractivity contribution >= 4 is 11.6 Å². The fourth-order valence-electron chi connectivity index (χ4n) is 1.30. The Kier molecular flexibility index (Phi) is 1.92. The van der Waals surface area contributed by atoms with Gasteiger partial charge < -0.3 is 4.74 Å². The normalized spacial score (nSPS) is 10.4. The summed E-state index contributed by atoms with van der Waals surface area (Å²) in [6.45, 7) is 1.89. The van der Waals surface area contributed by atoms with Crippen LogP contribution < -0.4 is 0 Å². The van der Waals surface area contributed by atoms with Crippen LogP contribution in [-0.2, 0) is 4.74 Å². The summed E-state index contributed by atoms with van der Waals surface area (Å²) in [5.74, 6) is -0.400. The molecule has 0 saturated heterocycles. The zero-order chi connectivity index (χ0) is 10.1. The number of carbonyl (C=O) groups is 1. The van der Waals surface area contributed by atoms with Crippen LogP contribution in [0.1, 0.15) is 16.1 Å². The van der Waals surface area contributed by atoms with Gasteiger partial charge in [0.2, 0.25) is 0 Å². The van der Waals surface area contributed by atoms with E-state index in [9.17, 15) is 4.79 Å². The van der Waals surface area contributed by atoms with Crippen LogP contribution in [0.3, 0.4) is 0 Å². The number of rotatable bonds is 1. The Morgan fingerprint density at radius 1 is 1.50 bits per heavy atom. The van der Waals surface area contributed by atoms with E-state index >= 15 is 0 Å². The SMILES string of the molecule is COC(=O)c1ccc(C)n2ncnc12. The van der Waals surface area contributed by atoms with Crippen molar-refractivity contribution in [2.75, 3.05) is 7.11 Å². The summed E-state index contributed by atoms with van der Waals surface area (Å²) in [5, 5.41) is 3.99. The van der Waals surface area contributed by atoms with Crippen LogP contribution in [-0.4, -0.2) is 27.7 Å². The maximum absolute atomic E-state index is 11.3. The molecule has 0 atom stereocenters. The van der Waals surface area contributed by atoms with Gasteiger partial charge in [-0.3, -0.25) is 0 Å². The van der Waals surface area contributed by atoms with Crippen LogP contribution in [0.25, 0.3) is 5.65 Å². The molecule has 0 spiro atoms. The molecular weight excluding hydrogens is 182 g/mol. The minimum atomic E-state index is -0.400. The highest BCUT2D eigenvalue weighted by molar-refractivity contribution is 5.95. The van der Waals surface area contributed by atoms with E-state index in [1.165, 1.54) is 13.4 Å². The van der Waals surface area contributed by atoms with E-state index in [1.54, 1.807) is 16.6 Å². The number of pyridine rings is 1. The van der Waals surface area contributed by atoms with Gasteiger partial charge in [-0.2, -0.15) is 5.10 Å². The Labute approximate surface area is 80.3 Å². The number of ether oxygens (including phenoxy) is 1. The Morgan fingerprint density at radius 2 is 2.29 bits per heavy atom. The lowest BCUT2D eigenvalue weighted by Gasteiger charge is -2.02. The summed E-state index contributed by atoms with van der Waals surface area (Å²) >= 11 is 0. The van der Waals surface area contributed by atoms with Crippen molar-refractivity contribution in [2.45, 2.75) is 6.92 Å². The molecular formula is C9H9N3O2. The van der Waals surface area contributed by atoms with E-state index in [0.717, 1.165) is 5.69 Å². The van der Waals surface area contributed by atoms with E-state index < -0.39 is 5.97 Å². The smallest absolute Gasteiger partial charge is 0.341 e. The third-order valence-electron chi connectivity index (χ3n) is 2.02. The number of aryl methyl sites for hydroxylation is 1. The van der Waals surface area contributed by atoms with Gasteiger partial charge in [0.25, 0.3) is 0 Å². The van der Waals surface area contributed by atoms with Gasteiger partial charge in [-0.05, 0) is 19.1 Å². The monoisotopic (exact) mass is 191 g/mol. The van der Waals surface area contributed by atoms with Gasteiger partial charge in [-0.25, -0.2) is 14.3 Å². The van der Waals surface area contributed by atoms with Crippen LogP contribution in [0, 0.1) is 6.92 Å². The highest BCUT2D eigenvalue weighted by Crippen LogP contribution is 2.10. The largest absolute Gasteiger partial charge is 0.465 e. The Morgan fingerprint density at radius 3 is 3.00 bits per heavy atom. The number of nitrogens with zero attached hydrogens (tertiary/aromatic N) is 3. The number of hydrogen-bond acceptors (Lipinski definition) is 4. The van der Waals surface area contributed by atoms with Crippen LogP contribution in [0.2, 0.25) is 0 Å². The second-order valence-corrected chi connectivity index (χ2v) is 2.88. The van der Waals surface area contributed by atoms with Crippen molar-refractivity contribution in [3.05, 3.63) is 29.7 Å². The van der Waals surface area contributed by atoms with Gasteiger partial charge in [0.05, 0.1) is 7.11 Å². The first-order chi connectivity index (χ1) is 6.74. The predicted molar refractivity (Wildman–Crippen MR) is 49.1 cm³/mol. The fraction of sp³-hybridized carbons (Fsp3) is 0.222. The summed E-state index contributed by atoms with van der Waals surface area (Å²) in [6.07, 6.45) is 1.41. The molecule has 0 saturated carbocycles. The number of carbonyl (C=O) groups excluding carboxylic acids is 1. The third-order valence-corrected chi connectivity index (χ3v) is 2.02. The number of hydrogen-bond donors (Lipinski definition) is 0. The second kappa shape index (κ2) is 3.10. The van der Waals surface area contributed by atoms with Crippen molar-refractivity contribution in [1.29, 1.82) is 0 Å². The van der Waals surface area contributed by atoms with Crippen LogP contribution in [0.4, 0.5) is 0 Å². The van der Waals surface area contributed by atoms with E-state index in [1.807, 2.05) is 6.92 Å². The van der Waals surface area contributed by atoms with Crippen LogP contribution in [0.5, 0.6) is 0 Å². The highest BCUT2D eigenvalue weighted by atomic mass is 16.5. The quantitative estimate of drug-likeness (QED) is 0.626. The zero-order valence-electron chi connectivity index (χ0n) is 7.89. The first kappa shape index (κ1) is 8.68. The van der Waals surface area contributed by atoms with Crippen LogP contribution in [0.15, 0.2) is 18.5 Å². The Balaban J connectivity index is 2.72.